The highest BCUT2D eigenvalue weighted by Gasteiger charge is 2.26. The van der Waals surface area contributed by atoms with Gasteiger partial charge >= 0.3 is 0 Å². The summed E-state index contributed by atoms with van der Waals surface area (Å²) in [4.78, 5) is 14.9. The van der Waals surface area contributed by atoms with E-state index in [2.05, 4.69) is 41.9 Å². The smallest absolute Gasteiger partial charge is 0.135 e. The number of rotatable bonds is 4. The molecule has 2 aromatic rings. The number of para-hydroxylation sites is 1. The summed E-state index contributed by atoms with van der Waals surface area (Å²) in [6.07, 6.45) is 4.51. The molecule has 6 nitrogen and oxygen atoms in total. The number of aromatic nitrogens is 2. The first-order valence-corrected chi connectivity index (χ1v) is 11.5. The monoisotopic (exact) mass is 420 g/mol. The van der Waals surface area contributed by atoms with E-state index >= 15 is 0 Å². The summed E-state index contributed by atoms with van der Waals surface area (Å²) in [5, 5.41) is 0. The average molecular weight is 421 g/mol. The summed E-state index contributed by atoms with van der Waals surface area (Å²) < 4.78 is 11.5. The number of benzene rings is 1. The van der Waals surface area contributed by atoms with Gasteiger partial charge in [-0.2, -0.15) is 0 Å². The Morgan fingerprint density at radius 2 is 1.77 bits per heavy atom. The topological polar surface area (TPSA) is 50.7 Å². The zero-order chi connectivity index (χ0) is 21.2. The van der Waals surface area contributed by atoms with Gasteiger partial charge in [-0.05, 0) is 57.5 Å². The molecule has 1 aromatic carbocycles. The minimum atomic E-state index is 0.438. The fourth-order valence-electron chi connectivity index (χ4n) is 4.79. The molecule has 0 bridgehead atoms. The van der Waals surface area contributed by atoms with Gasteiger partial charge in [-0.1, -0.05) is 18.2 Å². The average Bonchev–Trinajstić information content (AvgIpc) is 2.82. The molecular formula is C25H32N4O2. The van der Waals surface area contributed by atoms with Gasteiger partial charge < -0.3 is 14.4 Å². The molecule has 0 aliphatic carbocycles. The minimum Gasteiger partial charge on any atom is -0.489 e. The van der Waals surface area contributed by atoms with Gasteiger partial charge in [0.05, 0.1) is 13.2 Å². The van der Waals surface area contributed by atoms with Crippen LogP contribution in [0.4, 0.5) is 5.82 Å². The number of aryl methyl sites for hydroxylation is 1. The van der Waals surface area contributed by atoms with Gasteiger partial charge in [0.15, 0.2) is 0 Å². The lowest BCUT2D eigenvalue weighted by Crippen LogP contribution is -2.38. The zero-order valence-electron chi connectivity index (χ0n) is 18.6. The summed E-state index contributed by atoms with van der Waals surface area (Å²) >= 11 is 0. The molecule has 3 aliphatic heterocycles. The molecule has 4 heterocycles. The van der Waals surface area contributed by atoms with E-state index in [0.29, 0.717) is 12.5 Å². The number of morpholine rings is 1. The normalized spacial score (nSPS) is 20.2. The molecule has 31 heavy (non-hydrogen) atoms. The fraction of sp³-hybridized carbons (Fsp3) is 0.520. The predicted molar refractivity (Wildman–Crippen MR) is 123 cm³/mol. The van der Waals surface area contributed by atoms with E-state index in [1.54, 1.807) is 0 Å². The SMILES string of the molecule is Cc1nc(C2CCN(CC3=Cc4ccccc4OC3)CC2)nc(N2CCOCC2)c1C. The van der Waals surface area contributed by atoms with Gasteiger partial charge in [-0.25, -0.2) is 9.97 Å². The van der Waals surface area contributed by atoms with Crippen molar-refractivity contribution in [3.05, 3.63) is 52.5 Å². The number of ether oxygens (including phenoxy) is 2. The third-order valence-electron chi connectivity index (χ3n) is 6.76. The van der Waals surface area contributed by atoms with E-state index < -0.39 is 0 Å². The van der Waals surface area contributed by atoms with Crippen LogP contribution in [0.3, 0.4) is 0 Å². The molecule has 6 heteroatoms. The third kappa shape index (κ3) is 4.46. The standard InChI is InChI=1S/C25H32N4O2/c1-18-19(2)26-24(27-25(18)29-11-13-30-14-12-29)21-7-9-28(10-8-21)16-20-15-22-5-3-4-6-23(22)31-17-20/h3-6,15,21H,7-14,16-17H2,1-2H3. The van der Waals surface area contributed by atoms with E-state index in [0.717, 1.165) is 81.9 Å². The number of fused-ring (bicyclic) bond motifs is 1. The Morgan fingerprint density at radius 3 is 2.58 bits per heavy atom. The molecular weight excluding hydrogens is 388 g/mol. The van der Waals surface area contributed by atoms with Gasteiger partial charge in [0.2, 0.25) is 0 Å². The first-order valence-electron chi connectivity index (χ1n) is 11.5. The second kappa shape index (κ2) is 8.97. The van der Waals surface area contributed by atoms with Crippen LogP contribution in [0.15, 0.2) is 29.8 Å². The molecule has 0 radical (unpaired) electrons. The Labute approximate surface area is 184 Å². The molecule has 0 spiro atoms. The summed E-state index contributed by atoms with van der Waals surface area (Å²) in [5.74, 6) is 3.57. The second-order valence-corrected chi connectivity index (χ2v) is 8.89. The molecule has 1 aromatic heterocycles. The van der Waals surface area contributed by atoms with E-state index in [9.17, 15) is 0 Å². The molecule has 5 rings (SSSR count). The number of anilines is 1. The Bertz CT molecular complexity index is 960. The van der Waals surface area contributed by atoms with Gasteiger partial charge in [-0.15, -0.1) is 0 Å². The fourth-order valence-corrected chi connectivity index (χ4v) is 4.79. The van der Waals surface area contributed by atoms with Crippen LogP contribution in [0.5, 0.6) is 5.75 Å². The van der Waals surface area contributed by atoms with Crippen LogP contribution in [-0.4, -0.2) is 67.4 Å². The number of hydrogen-bond acceptors (Lipinski definition) is 6. The molecule has 0 unspecified atom stereocenters. The van der Waals surface area contributed by atoms with Gasteiger partial charge in [0.1, 0.15) is 24.0 Å². The molecule has 0 amide bonds. The summed E-state index contributed by atoms with van der Waals surface area (Å²) in [7, 11) is 0. The quantitative estimate of drug-likeness (QED) is 0.754. The highest BCUT2D eigenvalue weighted by Crippen LogP contribution is 2.31. The lowest BCUT2D eigenvalue weighted by atomic mass is 9.95. The van der Waals surface area contributed by atoms with Crippen molar-refractivity contribution in [3.8, 4) is 5.75 Å². The van der Waals surface area contributed by atoms with Crippen molar-refractivity contribution in [1.29, 1.82) is 0 Å². The van der Waals surface area contributed by atoms with Gasteiger partial charge in [0, 0.05) is 42.4 Å². The van der Waals surface area contributed by atoms with Crippen LogP contribution in [-0.2, 0) is 4.74 Å². The zero-order valence-corrected chi connectivity index (χ0v) is 18.6. The van der Waals surface area contributed by atoms with Crippen molar-refractivity contribution in [3.63, 3.8) is 0 Å². The van der Waals surface area contributed by atoms with Gasteiger partial charge in [-0.3, -0.25) is 4.90 Å². The molecule has 0 atom stereocenters. The Morgan fingerprint density at radius 1 is 1.00 bits per heavy atom. The molecule has 3 aliphatic rings. The number of nitrogens with zero attached hydrogens (tertiary/aromatic N) is 4. The van der Waals surface area contributed by atoms with Crippen molar-refractivity contribution in [1.82, 2.24) is 14.9 Å². The van der Waals surface area contributed by atoms with Crippen LogP contribution in [0.1, 0.15) is 41.4 Å². The predicted octanol–water partition coefficient (Wildman–Crippen LogP) is 3.59. The number of hydrogen-bond donors (Lipinski definition) is 0. The maximum absolute atomic E-state index is 5.93. The second-order valence-electron chi connectivity index (χ2n) is 8.89. The minimum absolute atomic E-state index is 0.438. The molecule has 2 fully saturated rings. The largest absolute Gasteiger partial charge is 0.489 e. The number of likely N-dealkylation sites (tertiary alicyclic amines) is 1. The Balaban J connectivity index is 1.24. The van der Waals surface area contributed by atoms with Crippen LogP contribution < -0.4 is 9.64 Å². The van der Waals surface area contributed by atoms with Crippen LogP contribution >= 0.6 is 0 Å². The number of piperidine rings is 1. The van der Waals surface area contributed by atoms with Crippen LogP contribution in [0.25, 0.3) is 6.08 Å². The molecule has 0 saturated carbocycles. The lowest BCUT2D eigenvalue weighted by molar-refractivity contribution is 0.122. The maximum atomic E-state index is 5.93. The first kappa shape index (κ1) is 20.5. The van der Waals surface area contributed by atoms with E-state index in [4.69, 9.17) is 19.4 Å². The van der Waals surface area contributed by atoms with Gasteiger partial charge in [0.25, 0.3) is 0 Å². The van der Waals surface area contributed by atoms with Crippen molar-refractivity contribution in [2.45, 2.75) is 32.6 Å². The van der Waals surface area contributed by atoms with Crippen molar-refractivity contribution < 1.29 is 9.47 Å². The molecule has 2 saturated heterocycles. The third-order valence-corrected chi connectivity index (χ3v) is 6.76. The molecule has 0 N–H and O–H groups in total. The van der Waals surface area contributed by atoms with E-state index in [1.165, 1.54) is 16.7 Å². The first-order chi connectivity index (χ1) is 15.2. The van der Waals surface area contributed by atoms with Crippen molar-refractivity contribution in [2.24, 2.45) is 0 Å². The van der Waals surface area contributed by atoms with Crippen LogP contribution in [0.2, 0.25) is 0 Å². The molecule has 164 valence electrons. The van der Waals surface area contributed by atoms with Crippen molar-refractivity contribution in [2.75, 3.05) is 57.4 Å². The summed E-state index contributed by atoms with van der Waals surface area (Å²) in [6.45, 7) is 11.5. The van der Waals surface area contributed by atoms with Crippen molar-refractivity contribution >= 4 is 11.9 Å². The summed E-state index contributed by atoms with van der Waals surface area (Å²) in [5.41, 5.74) is 4.86. The van der Waals surface area contributed by atoms with E-state index in [1.807, 2.05) is 12.1 Å². The maximum Gasteiger partial charge on any atom is 0.135 e. The highest BCUT2D eigenvalue weighted by molar-refractivity contribution is 5.62. The lowest BCUT2D eigenvalue weighted by Gasteiger charge is -2.34. The summed E-state index contributed by atoms with van der Waals surface area (Å²) in [6, 6.07) is 8.27. The highest BCUT2D eigenvalue weighted by atomic mass is 16.5. The Hall–Kier alpha value is -2.44. The Kier molecular flexibility index (Phi) is 5.92. The van der Waals surface area contributed by atoms with E-state index in [-0.39, 0.29) is 0 Å². The van der Waals surface area contributed by atoms with Crippen LogP contribution in [0, 0.1) is 13.8 Å².